The van der Waals surface area contributed by atoms with Crippen LogP contribution in [-0.4, -0.2) is 11.1 Å². The molecule has 1 N–H and O–H groups in total. The van der Waals surface area contributed by atoms with Gasteiger partial charge in [-0.15, -0.1) is 0 Å². The Morgan fingerprint density at radius 3 is 2.47 bits per heavy atom. The van der Waals surface area contributed by atoms with Gasteiger partial charge in [0.15, 0.2) is 0 Å². The average molecular weight is 208 g/mol. The zero-order chi connectivity index (χ0) is 10.4. The first-order chi connectivity index (χ1) is 7.25. The maximum Gasteiger partial charge on any atom is 0.306 e. The highest BCUT2D eigenvalue weighted by atomic mass is 16.4. The van der Waals surface area contributed by atoms with Gasteiger partial charge in [-0.2, -0.15) is 0 Å². The van der Waals surface area contributed by atoms with Crippen molar-refractivity contribution in [2.24, 2.45) is 29.6 Å². The molecule has 3 aliphatic rings. The molecule has 0 aromatic heterocycles. The highest BCUT2D eigenvalue weighted by Crippen LogP contribution is 2.55. The van der Waals surface area contributed by atoms with Gasteiger partial charge in [0.1, 0.15) is 0 Å². The zero-order valence-corrected chi connectivity index (χ0v) is 9.19. The molecule has 0 spiro atoms. The average Bonchev–Trinajstić information content (AvgIpc) is 2.92. The summed E-state index contributed by atoms with van der Waals surface area (Å²) in [6.07, 6.45) is 8.84. The highest BCUT2D eigenvalue weighted by molar-refractivity contribution is 5.70. The number of hydrogen-bond acceptors (Lipinski definition) is 1. The molecule has 3 rings (SSSR count). The Bertz CT molecular complexity index is 274. The third-order valence-corrected chi connectivity index (χ3v) is 5.23. The number of rotatable bonds is 2. The molecule has 5 unspecified atom stereocenters. The summed E-state index contributed by atoms with van der Waals surface area (Å²) in [7, 11) is 0. The summed E-state index contributed by atoms with van der Waals surface area (Å²) in [5, 5.41) is 9.21. The summed E-state index contributed by atoms with van der Waals surface area (Å²) in [6, 6.07) is 0. The van der Waals surface area contributed by atoms with Gasteiger partial charge in [0, 0.05) is 0 Å². The molecular weight excluding hydrogens is 188 g/mol. The largest absolute Gasteiger partial charge is 0.481 e. The van der Waals surface area contributed by atoms with Crippen LogP contribution in [0.4, 0.5) is 0 Å². The summed E-state index contributed by atoms with van der Waals surface area (Å²) in [5.41, 5.74) is 0. The number of carboxylic acids is 1. The molecule has 3 fully saturated rings. The van der Waals surface area contributed by atoms with E-state index in [0.29, 0.717) is 5.92 Å². The van der Waals surface area contributed by atoms with Crippen LogP contribution in [-0.2, 0) is 4.79 Å². The van der Waals surface area contributed by atoms with E-state index in [4.69, 9.17) is 0 Å². The van der Waals surface area contributed by atoms with E-state index >= 15 is 0 Å². The fourth-order valence-corrected chi connectivity index (χ4v) is 4.63. The van der Waals surface area contributed by atoms with Crippen LogP contribution in [0.1, 0.15) is 44.9 Å². The molecule has 0 radical (unpaired) electrons. The smallest absolute Gasteiger partial charge is 0.306 e. The second-order valence-electron chi connectivity index (χ2n) is 5.88. The SMILES string of the molecule is O=C(O)C1CCCC1C1CC2CCC1C2. The van der Waals surface area contributed by atoms with E-state index in [2.05, 4.69) is 0 Å². The van der Waals surface area contributed by atoms with E-state index in [1.807, 2.05) is 0 Å². The standard InChI is InChI=1S/C13H20O2/c14-13(15)11-3-1-2-10(11)12-7-8-4-5-9(12)6-8/h8-12H,1-7H2,(H,14,15). The molecule has 0 amide bonds. The van der Waals surface area contributed by atoms with E-state index in [0.717, 1.165) is 30.6 Å². The first-order valence-electron chi connectivity index (χ1n) is 6.48. The number of carbonyl (C=O) groups is 1. The Kier molecular flexibility index (Phi) is 2.26. The van der Waals surface area contributed by atoms with Crippen LogP contribution in [0.25, 0.3) is 0 Å². The Morgan fingerprint density at radius 1 is 1.00 bits per heavy atom. The second kappa shape index (κ2) is 3.50. The minimum Gasteiger partial charge on any atom is -0.481 e. The molecule has 3 aliphatic carbocycles. The maximum atomic E-state index is 11.2. The lowest BCUT2D eigenvalue weighted by atomic mass is 9.75. The van der Waals surface area contributed by atoms with Gasteiger partial charge in [-0.1, -0.05) is 12.8 Å². The topological polar surface area (TPSA) is 37.3 Å². The van der Waals surface area contributed by atoms with Gasteiger partial charge in [0.25, 0.3) is 0 Å². The van der Waals surface area contributed by atoms with Crippen molar-refractivity contribution < 1.29 is 9.90 Å². The molecular formula is C13H20O2. The summed E-state index contributed by atoms with van der Waals surface area (Å²) in [6.45, 7) is 0. The van der Waals surface area contributed by atoms with Crippen LogP contribution in [0.3, 0.4) is 0 Å². The van der Waals surface area contributed by atoms with Crippen LogP contribution < -0.4 is 0 Å². The molecule has 84 valence electrons. The van der Waals surface area contributed by atoms with Crippen molar-refractivity contribution in [3.8, 4) is 0 Å². The summed E-state index contributed by atoms with van der Waals surface area (Å²) < 4.78 is 0. The van der Waals surface area contributed by atoms with E-state index < -0.39 is 5.97 Å². The minimum atomic E-state index is -0.528. The Hall–Kier alpha value is -0.530. The Morgan fingerprint density at radius 2 is 1.87 bits per heavy atom. The van der Waals surface area contributed by atoms with E-state index in [1.54, 1.807) is 0 Å². The lowest BCUT2D eigenvalue weighted by Crippen LogP contribution is -2.28. The van der Waals surface area contributed by atoms with E-state index in [9.17, 15) is 9.90 Å². The van der Waals surface area contributed by atoms with Crippen LogP contribution >= 0.6 is 0 Å². The third-order valence-electron chi connectivity index (χ3n) is 5.23. The van der Waals surface area contributed by atoms with Crippen LogP contribution in [0.15, 0.2) is 0 Å². The van der Waals surface area contributed by atoms with E-state index in [1.165, 1.54) is 32.1 Å². The van der Waals surface area contributed by atoms with Gasteiger partial charge in [-0.05, 0) is 55.8 Å². The van der Waals surface area contributed by atoms with Gasteiger partial charge in [-0.25, -0.2) is 0 Å². The van der Waals surface area contributed by atoms with Crippen molar-refractivity contribution in [3.63, 3.8) is 0 Å². The Labute approximate surface area is 91.1 Å². The summed E-state index contributed by atoms with van der Waals surface area (Å²) in [5.74, 6) is 2.61. The predicted molar refractivity (Wildman–Crippen MR) is 57.4 cm³/mol. The lowest BCUT2D eigenvalue weighted by molar-refractivity contribution is -0.143. The van der Waals surface area contributed by atoms with Gasteiger partial charge < -0.3 is 5.11 Å². The molecule has 0 aliphatic heterocycles. The molecule has 5 atom stereocenters. The number of fused-ring (bicyclic) bond motifs is 2. The lowest BCUT2D eigenvalue weighted by Gasteiger charge is -2.30. The van der Waals surface area contributed by atoms with Crippen molar-refractivity contribution in [3.05, 3.63) is 0 Å². The van der Waals surface area contributed by atoms with Crippen LogP contribution in [0, 0.1) is 29.6 Å². The van der Waals surface area contributed by atoms with Gasteiger partial charge in [0.05, 0.1) is 5.92 Å². The third kappa shape index (κ3) is 1.49. The number of aliphatic carboxylic acids is 1. The molecule has 15 heavy (non-hydrogen) atoms. The van der Waals surface area contributed by atoms with Crippen LogP contribution in [0.2, 0.25) is 0 Å². The molecule has 0 saturated heterocycles. The fraction of sp³-hybridized carbons (Fsp3) is 0.923. The molecule has 3 saturated carbocycles. The van der Waals surface area contributed by atoms with Crippen molar-refractivity contribution in [1.29, 1.82) is 0 Å². The zero-order valence-electron chi connectivity index (χ0n) is 9.19. The van der Waals surface area contributed by atoms with Gasteiger partial charge in [0.2, 0.25) is 0 Å². The molecule has 0 aromatic carbocycles. The first kappa shape index (κ1) is 9.68. The summed E-state index contributed by atoms with van der Waals surface area (Å²) >= 11 is 0. The molecule has 0 heterocycles. The van der Waals surface area contributed by atoms with Crippen molar-refractivity contribution in [1.82, 2.24) is 0 Å². The van der Waals surface area contributed by atoms with Crippen molar-refractivity contribution in [2.75, 3.05) is 0 Å². The molecule has 0 aromatic rings. The second-order valence-corrected chi connectivity index (χ2v) is 5.88. The van der Waals surface area contributed by atoms with Gasteiger partial charge in [-0.3, -0.25) is 4.79 Å². The number of carboxylic acid groups (broad SMARTS) is 1. The van der Waals surface area contributed by atoms with Gasteiger partial charge >= 0.3 is 5.97 Å². The fourth-order valence-electron chi connectivity index (χ4n) is 4.63. The van der Waals surface area contributed by atoms with Crippen molar-refractivity contribution >= 4 is 5.97 Å². The first-order valence-corrected chi connectivity index (χ1v) is 6.48. The summed E-state index contributed by atoms with van der Waals surface area (Å²) in [4.78, 5) is 11.2. The normalized spacial score (nSPS) is 48.7. The predicted octanol–water partition coefficient (Wildman–Crippen LogP) is 2.92. The Balaban J connectivity index is 1.74. The monoisotopic (exact) mass is 208 g/mol. The van der Waals surface area contributed by atoms with Crippen molar-refractivity contribution in [2.45, 2.75) is 44.9 Å². The van der Waals surface area contributed by atoms with Crippen LogP contribution in [0.5, 0.6) is 0 Å². The molecule has 2 nitrogen and oxygen atoms in total. The quantitative estimate of drug-likeness (QED) is 0.757. The highest BCUT2D eigenvalue weighted by Gasteiger charge is 2.47. The van der Waals surface area contributed by atoms with E-state index in [-0.39, 0.29) is 5.92 Å². The maximum absolute atomic E-state index is 11.2. The number of hydrogen-bond donors (Lipinski definition) is 1. The molecule has 2 heteroatoms. The minimum absolute atomic E-state index is 0.00523. The molecule has 2 bridgehead atoms.